The standard InChI is InChI=1S/C14H22N4O2/c1-11-12(14(19)20-2)3-4-13(17-11)16-7-10-18-8-5-15-6-9-18/h3-4,15H,5-10H2,1-2H3,(H,16,17). The number of rotatable bonds is 5. The van der Waals surface area contributed by atoms with E-state index in [1.165, 1.54) is 7.11 Å². The van der Waals surface area contributed by atoms with E-state index in [1.807, 2.05) is 13.0 Å². The maximum atomic E-state index is 11.5. The highest BCUT2D eigenvalue weighted by Gasteiger charge is 2.11. The monoisotopic (exact) mass is 278 g/mol. The van der Waals surface area contributed by atoms with Crippen LogP contribution in [0.2, 0.25) is 0 Å². The third-order valence-corrected chi connectivity index (χ3v) is 3.43. The first kappa shape index (κ1) is 14.7. The Hall–Kier alpha value is -1.66. The topological polar surface area (TPSA) is 66.5 Å². The number of ether oxygens (including phenoxy) is 1. The van der Waals surface area contributed by atoms with Crippen LogP contribution >= 0.6 is 0 Å². The number of carbonyl (C=O) groups excluding carboxylic acids is 1. The summed E-state index contributed by atoms with van der Waals surface area (Å²) in [6, 6.07) is 3.57. The molecule has 0 atom stereocenters. The lowest BCUT2D eigenvalue weighted by atomic mass is 10.2. The number of methoxy groups -OCH3 is 1. The minimum absolute atomic E-state index is 0.345. The lowest BCUT2D eigenvalue weighted by Gasteiger charge is -2.27. The maximum absolute atomic E-state index is 11.5. The molecule has 2 rings (SSSR count). The summed E-state index contributed by atoms with van der Waals surface area (Å²) < 4.78 is 4.71. The van der Waals surface area contributed by atoms with Gasteiger partial charge in [-0.05, 0) is 19.1 Å². The zero-order valence-electron chi connectivity index (χ0n) is 12.1. The van der Waals surface area contributed by atoms with E-state index < -0.39 is 0 Å². The molecule has 1 saturated heterocycles. The summed E-state index contributed by atoms with van der Waals surface area (Å²) in [6.45, 7) is 7.97. The summed E-state index contributed by atoms with van der Waals surface area (Å²) in [5, 5.41) is 6.63. The Kier molecular flexibility index (Phi) is 5.31. The van der Waals surface area contributed by atoms with E-state index in [0.29, 0.717) is 11.3 Å². The number of esters is 1. The van der Waals surface area contributed by atoms with Gasteiger partial charge in [-0.2, -0.15) is 0 Å². The molecule has 1 aliphatic rings. The van der Waals surface area contributed by atoms with Crippen molar-refractivity contribution in [3.05, 3.63) is 23.4 Å². The number of hydrogen-bond acceptors (Lipinski definition) is 6. The van der Waals surface area contributed by atoms with Crippen molar-refractivity contribution in [3.63, 3.8) is 0 Å². The number of aryl methyl sites for hydroxylation is 1. The van der Waals surface area contributed by atoms with E-state index >= 15 is 0 Å². The second-order valence-corrected chi connectivity index (χ2v) is 4.84. The average Bonchev–Trinajstić information content (AvgIpc) is 2.48. The molecule has 20 heavy (non-hydrogen) atoms. The predicted octanol–water partition coefficient (Wildman–Crippen LogP) is 0.494. The zero-order valence-corrected chi connectivity index (χ0v) is 12.1. The minimum atomic E-state index is -0.345. The molecule has 0 radical (unpaired) electrons. The van der Waals surface area contributed by atoms with E-state index in [2.05, 4.69) is 20.5 Å². The number of anilines is 1. The Morgan fingerprint density at radius 2 is 2.20 bits per heavy atom. The third kappa shape index (κ3) is 3.91. The number of piperazine rings is 1. The van der Waals surface area contributed by atoms with Crippen LogP contribution in [-0.4, -0.2) is 62.2 Å². The molecule has 0 saturated carbocycles. The fourth-order valence-corrected chi connectivity index (χ4v) is 2.26. The van der Waals surface area contributed by atoms with Gasteiger partial charge < -0.3 is 15.4 Å². The van der Waals surface area contributed by atoms with Gasteiger partial charge in [0.1, 0.15) is 5.82 Å². The lowest BCUT2D eigenvalue weighted by Crippen LogP contribution is -2.45. The summed E-state index contributed by atoms with van der Waals surface area (Å²) in [5.74, 6) is 0.452. The molecule has 0 unspecified atom stereocenters. The van der Waals surface area contributed by atoms with Crippen molar-refractivity contribution in [2.24, 2.45) is 0 Å². The average molecular weight is 278 g/mol. The van der Waals surface area contributed by atoms with Crippen LogP contribution in [0.5, 0.6) is 0 Å². The molecule has 1 aliphatic heterocycles. The Labute approximate surface area is 119 Å². The van der Waals surface area contributed by atoms with E-state index in [1.54, 1.807) is 6.07 Å². The molecule has 0 amide bonds. The smallest absolute Gasteiger partial charge is 0.339 e. The maximum Gasteiger partial charge on any atom is 0.339 e. The molecule has 110 valence electrons. The fourth-order valence-electron chi connectivity index (χ4n) is 2.26. The lowest BCUT2D eigenvalue weighted by molar-refractivity contribution is 0.0599. The number of hydrogen-bond donors (Lipinski definition) is 2. The summed E-state index contributed by atoms with van der Waals surface area (Å²) in [6.07, 6.45) is 0. The molecule has 1 fully saturated rings. The van der Waals surface area contributed by atoms with Gasteiger partial charge in [0, 0.05) is 39.3 Å². The Balaban J connectivity index is 1.84. The van der Waals surface area contributed by atoms with Crippen LogP contribution < -0.4 is 10.6 Å². The molecular formula is C14H22N4O2. The first-order valence-corrected chi connectivity index (χ1v) is 6.93. The molecule has 2 heterocycles. The number of nitrogens with zero attached hydrogens (tertiary/aromatic N) is 2. The molecule has 2 N–H and O–H groups in total. The highest BCUT2D eigenvalue weighted by molar-refractivity contribution is 5.90. The van der Waals surface area contributed by atoms with Crippen molar-refractivity contribution < 1.29 is 9.53 Å². The van der Waals surface area contributed by atoms with E-state index in [4.69, 9.17) is 4.74 Å². The Morgan fingerprint density at radius 1 is 1.45 bits per heavy atom. The number of aromatic nitrogens is 1. The molecule has 6 heteroatoms. The van der Waals surface area contributed by atoms with Gasteiger partial charge in [-0.1, -0.05) is 0 Å². The van der Waals surface area contributed by atoms with Crippen molar-refractivity contribution >= 4 is 11.8 Å². The van der Waals surface area contributed by atoms with Crippen molar-refractivity contribution in [2.45, 2.75) is 6.92 Å². The quantitative estimate of drug-likeness (QED) is 0.764. The van der Waals surface area contributed by atoms with Crippen LogP contribution in [0.25, 0.3) is 0 Å². The Bertz CT molecular complexity index is 458. The fraction of sp³-hybridized carbons (Fsp3) is 0.571. The first-order valence-electron chi connectivity index (χ1n) is 6.93. The number of pyridine rings is 1. The van der Waals surface area contributed by atoms with Crippen molar-refractivity contribution in [2.75, 3.05) is 51.7 Å². The molecule has 0 spiro atoms. The van der Waals surface area contributed by atoms with E-state index in [-0.39, 0.29) is 5.97 Å². The van der Waals surface area contributed by atoms with Gasteiger partial charge in [-0.15, -0.1) is 0 Å². The number of nitrogens with one attached hydrogen (secondary N) is 2. The van der Waals surface area contributed by atoms with Gasteiger partial charge in [0.05, 0.1) is 18.4 Å². The summed E-state index contributed by atoms with van der Waals surface area (Å²) in [5.41, 5.74) is 1.20. The van der Waals surface area contributed by atoms with E-state index in [0.717, 1.165) is 45.1 Å². The molecule has 0 aromatic carbocycles. The second kappa shape index (κ2) is 7.21. The van der Waals surface area contributed by atoms with Crippen molar-refractivity contribution in [1.29, 1.82) is 0 Å². The van der Waals surface area contributed by atoms with Gasteiger partial charge in [0.15, 0.2) is 0 Å². The Morgan fingerprint density at radius 3 is 2.85 bits per heavy atom. The van der Waals surface area contributed by atoms with Gasteiger partial charge in [-0.3, -0.25) is 4.90 Å². The van der Waals surface area contributed by atoms with Crippen LogP contribution in [0.1, 0.15) is 16.1 Å². The largest absolute Gasteiger partial charge is 0.465 e. The third-order valence-electron chi connectivity index (χ3n) is 3.43. The summed E-state index contributed by atoms with van der Waals surface area (Å²) in [4.78, 5) is 18.3. The molecule has 1 aromatic heterocycles. The van der Waals surface area contributed by atoms with Crippen LogP contribution in [0.15, 0.2) is 12.1 Å². The van der Waals surface area contributed by atoms with Gasteiger partial charge in [-0.25, -0.2) is 9.78 Å². The summed E-state index contributed by atoms with van der Waals surface area (Å²) >= 11 is 0. The highest BCUT2D eigenvalue weighted by Crippen LogP contribution is 2.11. The number of carbonyl (C=O) groups is 1. The van der Waals surface area contributed by atoms with Crippen LogP contribution in [0.4, 0.5) is 5.82 Å². The molecule has 0 bridgehead atoms. The van der Waals surface area contributed by atoms with Crippen LogP contribution in [0, 0.1) is 6.92 Å². The van der Waals surface area contributed by atoms with Gasteiger partial charge >= 0.3 is 5.97 Å². The highest BCUT2D eigenvalue weighted by atomic mass is 16.5. The SMILES string of the molecule is COC(=O)c1ccc(NCCN2CCNCC2)nc1C. The van der Waals surface area contributed by atoms with Crippen LogP contribution in [-0.2, 0) is 4.74 Å². The van der Waals surface area contributed by atoms with Crippen molar-refractivity contribution in [1.82, 2.24) is 15.2 Å². The first-order chi connectivity index (χ1) is 9.70. The molecule has 1 aromatic rings. The summed E-state index contributed by atoms with van der Waals surface area (Å²) in [7, 11) is 1.38. The normalized spacial score (nSPS) is 15.9. The van der Waals surface area contributed by atoms with Crippen LogP contribution in [0.3, 0.4) is 0 Å². The van der Waals surface area contributed by atoms with Crippen molar-refractivity contribution in [3.8, 4) is 0 Å². The van der Waals surface area contributed by atoms with Gasteiger partial charge in [0.2, 0.25) is 0 Å². The molecular weight excluding hydrogens is 256 g/mol. The van der Waals surface area contributed by atoms with E-state index in [9.17, 15) is 4.79 Å². The predicted molar refractivity (Wildman–Crippen MR) is 78.1 cm³/mol. The second-order valence-electron chi connectivity index (χ2n) is 4.84. The minimum Gasteiger partial charge on any atom is -0.465 e. The molecule has 0 aliphatic carbocycles. The molecule has 6 nitrogen and oxygen atoms in total. The van der Waals surface area contributed by atoms with Gasteiger partial charge in [0.25, 0.3) is 0 Å². The zero-order chi connectivity index (χ0) is 14.4.